The van der Waals surface area contributed by atoms with E-state index in [0.29, 0.717) is 0 Å². The topological polar surface area (TPSA) is 38.3 Å². The lowest BCUT2D eigenvalue weighted by molar-refractivity contribution is -0.123. The van der Waals surface area contributed by atoms with Crippen LogP contribution in [0, 0.1) is 0 Å². The summed E-state index contributed by atoms with van der Waals surface area (Å²) in [6.45, 7) is 2.90. The first-order valence-corrected chi connectivity index (χ1v) is 4.15. The van der Waals surface area contributed by atoms with Crippen LogP contribution in [0.25, 0.3) is 0 Å². The van der Waals surface area contributed by atoms with Gasteiger partial charge in [-0.3, -0.25) is 4.79 Å². The highest BCUT2D eigenvalue weighted by Crippen LogP contribution is 2.12. The van der Waals surface area contributed by atoms with Crippen LogP contribution in [0.1, 0.15) is 0 Å². The zero-order chi connectivity index (χ0) is 11.0. The molecule has 0 aliphatic heterocycles. The number of halogens is 2. The number of nitrogens with one attached hydrogen (secondary N) is 1. The van der Waals surface area contributed by atoms with Crippen molar-refractivity contribution in [3.8, 4) is 0 Å². The van der Waals surface area contributed by atoms with Gasteiger partial charge < -0.3 is 10.1 Å². The van der Waals surface area contributed by atoms with E-state index in [2.05, 4.69) is 11.9 Å². The molecule has 0 spiro atoms. The number of likely N-dealkylation sites (N-methyl/N-ethyl adjacent to an activating group) is 1. The second kappa shape index (κ2) is 7.15. The molecule has 14 heavy (non-hydrogen) atoms. The smallest absolute Gasteiger partial charge is 0.257 e. The molecule has 0 heterocycles. The maximum atomic E-state index is 12.3. The molecule has 0 saturated carbocycles. The molecule has 78 valence electrons. The van der Waals surface area contributed by atoms with Crippen molar-refractivity contribution in [1.82, 2.24) is 5.32 Å². The molecule has 1 amide bonds. The standard InChI is InChI=1S/C9H11ClFNO2/c1-7(11)8(10)4-3-5-14-6-9(13)12-2/h3-5H,1,6H2,2H3,(H,12,13)/b5-3+,8-4+. The van der Waals surface area contributed by atoms with E-state index in [1.165, 1.54) is 25.5 Å². The molecule has 0 aromatic carbocycles. The lowest BCUT2D eigenvalue weighted by atomic mass is 10.4. The van der Waals surface area contributed by atoms with E-state index >= 15 is 0 Å². The first-order valence-electron chi connectivity index (χ1n) is 3.77. The van der Waals surface area contributed by atoms with Gasteiger partial charge in [-0.05, 0) is 12.2 Å². The fourth-order valence-electron chi connectivity index (χ4n) is 0.466. The first-order chi connectivity index (χ1) is 6.57. The Balaban J connectivity index is 3.80. The molecule has 3 nitrogen and oxygen atoms in total. The Morgan fingerprint density at radius 3 is 2.86 bits per heavy atom. The monoisotopic (exact) mass is 219 g/mol. The van der Waals surface area contributed by atoms with Crippen molar-refractivity contribution in [2.24, 2.45) is 0 Å². The van der Waals surface area contributed by atoms with Gasteiger partial charge in [0, 0.05) is 7.05 Å². The molecular formula is C9H11ClFNO2. The van der Waals surface area contributed by atoms with Gasteiger partial charge in [0.2, 0.25) is 0 Å². The molecule has 1 N–H and O–H groups in total. The second-order valence-electron chi connectivity index (χ2n) is 2.23. The van der Waals surface area contributed by atoms with E-state index in [4.69, 9.17) is 16.3 Å². The lowest BCUT2D eigenvalue weighted by Crippen LogP contribution is -2.22. The molecule has 0 fully saturated rings. The molecule has 0 aromatic heterocycles. The Labute approximate surface area is 86.9 Å². The first kappa shape index (κ1) is 12.7. The van der Waals surface area contributed by atoms with Crippen LogP contribution in [0.3, 0.4) is 0 Å². The highest BCUT2D eigenvalue weighted by Gasteiger charge is 1.94. The summed E-state index contributed by atoms with van der Waals surface area (Å²) in [4.78, 5) is 10.6. The maximum absolute atomic E-state index is 12.3. The molecule has 0 atom stereocenters. The van der Waals surface area contributed by atoms with Gasteiger partial charge in [0.15, 0.2) is 6.61 Å². The van der Waals surface area contributed by atoms with Crippen LogP contribution in [-0.2, 0) is 9.53 Å². The quantitative estimate of drug-likeness (QED) is 0.566. The minimum Gasteiger partial charge on any atom is -0.491 e. The highest BCUT2D eigenvalue weighted by molar-refractivity contribution is 6.31. The molecule has 0 rings (SSSR count). The van der Waals surface area contributed by atoms with Crippen LogP contribution in [0.5, 0.6) is 0 Å². The van der Waals surface area contributed by atoms with Crippen LogP contribution in [0.15, 0.2) is 35.9 Å². The van der Waals surface area contributed by atoms with Gasteiger partial charge in [-0.15, -0.1) is 0 Å². The van der Waals surface area contributed by atoms with Crippen LogP contribution in [0.4, 0.5) is 4.39 Å². The van der Waals surface area contributed by atoms with Gasteiger partial charge in [0.1, 0.15) is 5.83 Å². The van der Waals surface area contributed by atoms with Crippen molar-refractivity contribution in [1.29, 1.82) is 0 Å². The minimum absolute atomic E-state index is 0.0883. The Kier molecular flexibility index (Phi) is 6.49. The van der Waals surface area contributed by atoms with E-state index in [1.54, 1.807) is 0 Å². The molecule has 0 aromatic rings. The van der Waals surface area contributed by atoms with E-state index < -0.39 is 5.83 Å². The van der Waals surface area contributed by atoms with E-state index in [0.717, 1.165) is 0 Å². The summed E-state index contributed by atoms with van der Waals surface area (Å²) in [5.74, 6) is -0.970. The predicted octanol–water partition coefficient (Wildman–Crippen LogP) is 1.87. The van der Waals surface area contributed by atoms with Crippen molar-refractivity contribution in [2.75, 3.05) is 13.7 Å². The summed E-state index contributed by atoms with van der Waals surface area (Å²) >= 11 is 5.38. The number of carbonyl (C=O) groups is 1. The zero-order valence-electron chi connectivity index (χ0n) is 7.72. The Morgan fingerprint density at radius 2 is 2.36 bits per heavy atom. The second-order valence-corrected chi connectivity index (χ2v) is 2.64. The largest absolute Gasteiger partial charge is 0.491 e. The average Bonchev–Trinajstić information content (AvgIpc) is 2.16. The number of hydrogen-bond acceptors (Lipinski definition) is 2. The predicted molar refractivity (Wildman–Crippen MR) is 53.3 cm³/mol. The molecule has 0 bridgehead atoms. The van der Waals surface area contributed by atoms with Gasteiger partial charge in [-0.2, -0.15) is 0 Å². The molecular weight excluding hydrogens is 209 g/mol. The number of carbonyl (C=O) groups excluding carboxylic acids is 1. The molecule has 0 radical (unpaired) electrons. The summed E-state index contributed by atoms with van der Waals surface area (Å²) < 4.78 is 17.0. The number of rotatable bonds is 5. The Morgan fingerprint density at radius 1 is 1.71 bits per heavy atom. The molecule has 5 heteroatoms. The van der Waals surface area contributed by atoms with Crippen molar-refractivity contribution in [3.63, 3.8) is 0 Å². The van der Waals surface area contributed by atoms with Crippen LogP contribution in [0.2, 0.25) is 0 Å². The van der Waals surface area contributed by atoms with E-state index in [-0.39, 0.29) is 17.5 Å². The fraction of sp³-hybridized carbons (Fsp3) is 0.222. The van der Waals surface area contributed by atoms with E-state index in [1.807, 2.05) is 0 Å². The SMILES string of the molecule is C=C(F)/C(Cl)=C\C=C\OCC(=O)NC. The van der Waals surface area contributed by atoms with Crippen molar-refractivity contribution in [3.05, 3.63) is 35.9 Å². The third kappa shape index (κ3) is 6.25. The number of ether oxygens (including phenoxy) is 1. The summed E-state index contributed by atoms with van der Waals surface area (Å²) in [5.41, 5.74) is 0. The van der Waals surface area contributed by atoms with Gasteiger partial charge in [0.05, 0.1) is 11.3 Å². The van der Waals surface area contributed by atoms with Crippen LogP contribution >= 0.6 is 11.6 Å². The molecule has 0 aliphatic rings. The van der Waals surface area contributed by atoms with Crippen molar-refractivity contribution >= 4 is 17.5 Å². The highest BCUT2D eigenvalue weighted by atomic mass is 35.5. The van der Waals surface area contributed by atoms with Gasteiger partial charge in [-0.25, -0.2) is 4.39 Å². The van der Waals surface area contributed by atoms with Gasteiger partial charge in [0.25, 0.3) is 5.91 Å². The van der Waals surface area contributed by atoms with Gasteiger partial charge in [-0.1, -0.05) is 18.2 Å². The normalized spacial score (nSPS) is 11.5. The summed E-state index contributed by atoms with van der Waals surface area (Å²) in [6.07, 6.45) is 3.88. The number of hydrogen-bond donors (Lipinski definition) is 1. The number of allylic oxidation sites excluding steroid dienone is 4. The van der Waals surface area contributed by atoms with Crippen LogP contribution < -0.4 is 5.32 Å². The van der Waals surface area contributed by atoms with Crippen molar-refractivity contribution in [2.45, 2.75) is 0 Å². The fourth-order valence-corrected chi connectivity index (χ4v) is 0.538. The molecule has 0 saturated heterocycles. The minimum atomic E-state index is -0.720. The lowest BCUT2D eigenvalue weighted by Gasteiger charge is -1.97. The molecule has 0 aliphatic carbocycles. The Bertz CT molecular complexity index is 274. The number of amides is 1. The Hall–Kier alpha value is -1.29. The molecule has 0 unspecified atom stereocenters. The van der Waals surface area contributed by atoms with Crippen molar-refractivity contribution < 1.29 is 13.9 Å². The summed E-state index contributed by atoms with van der Waals surface area (Å²) in [5, 5.41) is 2.26. The zero-order valence-corrected chi connectivity index (χ0v) is 8.47. The third-order valence-corrected chi connectivity index (χ3v) is 1.50. The third-order valence-electron chi connectivity index (χ3n) is 1.17. The summed E-state index contributed by atoms with van der Waals surface area (Å²) in [6, 6.07) is 0. The van der Waals surface area contributed by atoms with Crippen LogP contribution in [-0.4, -0.2) is 19.6 Å². The maximum Gasteiger partial charge on any atom is 0.257 e. The summed E-state index contributed by atoms with van der Waals surface area (Å²) in [7, 11) is 1.50. The average molecular weight is 220 g/mol. The van der Waals surface area contributed by atoms with Gasteiger partial charge >= 0.3 is 0 Å². The van der Waals surface area contributed by atoms with E-state index in [9.17, 15) is 9.18 Å².